The molecule has 0 spiro atoms. The Morgan fingerprint density at radius 3 is 2.68 bits per heavy atom. The second-order valence-corrected chi connectivity index (χ2v) is 5.86. The molecule has 0 saturated heterocycles. The van der Waals surface area contributed by atoms with Crippen molar-refractivity contribution in [1.29, 1.82) is 0 Å². The topological polar surface area (TPSA) is 59.6 Å². The van der Waals surface area contributed by atoms with E-state index in [4.69, 9.17) is 10.5 Å². The van der Waals surface area contributed by atoms with E-state index in [1.165, 1.54) is 0 Å². The summed E-state index contributed by atoms with van der Waals surface area (Å²) in [5.41, 5.74) is 5.67. The van der Waals surface area contributed by atoms with Gasteiger partial charge in [0.2, 0.25) is 0 Å². The molecule has 1 aromatic carbocycles. The van der Waals surface area contributed by atoms with Crippen molar-refractivity contribution in [2.24, 2.45) is 10.7 Å². The zero-order valence-corrected chi connectivity index (χ0v) is 15.4. The van der Waals surface area contributed by atoms with E-state index in [0.717, 1.165) is 10.2 Å². The summed E-state index contributed by atoms with van der Waals surface area (Å²) >= 11 is 3.39. The second kappa shape index (κ2) is 8.63. The maximum absolute atomic E-state index is 5.74. The molecule has 6 heteroatoms. The van der Waals surface area contributed by atoms with Gasteiger partial charge in [0.15, 0.2) is 5.96 Å². The van der Waals surface area contributed by atoms with Crippen molar-refractivity contribution < 1.29 is 4.74 Å². The number of aliphatic imine (C=N–C) groups is 1. The predicted molar refractivity (Wildman–Crippen MR) is 94.4 cm³/mol. The van der Waals surface area contributed by atoms with Crippen molar-refractivity contribution in [3.8, 4) is 5.75 Å². The Balaban J connectivity index is 0.00000324. The molecule has 0 amide bonds. The molecule has 0 unspecified atom stereocenters. The Bertz CT molecular complexity index is 419. The van der Waals surface area contributed by atoms with Crippen molar-refractivity contribution in [3.63, 3.8) is 0 Å². The van der Waals surface area contributed by atoms with E-state index in [9.17, 15) is 0 Å². The van der Waals surface area contributed by atoms with Crippen LogP contribution in [0.4, 0.5) is 0 Å². The Kier molecular flexibility index (Phi) is 8.40. The maximum atomic E-state index is 5.74. The first-order valence-corrected chi connectivity index (χ1v) is 6.62. The largest absolute Gasteiger partial charge is 0.492 e. The molecule has 0 aromatic heterocycles. The van der Waals surface area contributed by atoms with Gasteiger partial charge in [0.1, 0.15) is 12.4 Å². The van der Waals surface area contributed by atoms with E-state index in [-0.39, 0.29) is 29.5 Å². The van der Waals surface area contributed by atoms with Crippen molar-refractivity contribution in [2.45, 2.75) is 26.3 Å². The summed E-state index contributed by atoms with van der Waals surface area (Å²) in [5, 5.41) is 3.09. The summed E-state index contributed by atoms with van der Waals surface area (Å²) in [7, 11) is 0. The molecule has 0 heterocycles. The molecule has 0 aliphatic carbocycles. The number of nitrogens with zero attached hydrogens (tertiary/aromatic N) is 1. The number of nitrogens with two attached hydrogens (primary N) is 1. The summed E-state index contributed by atoms with van der Waals surface area (Å²) < 4.78 is 6.54. The molecule has 0 bridgehead atoms. The molecule has 1 aromatic rings. The molecular formula is C13H21BrIN3O. The molecule has 19 heavy (non-hydrogen) atoms. The quantitative estimate of drug-likeness (QED) is 0.326. The molecule has 4 nitrogen and oxygen atoms in total. The molecule has 108 valence electrons. The van der Waals surface area contributed by atoms with Crippen molar-refractivity contribution >= 4 is 45.9 Å². The first kappa shape index (κ1) is 18.5. The third-order valence-electron chi connectivity index (χ3n) is 1.94. The van der Waals surface area contributed by atoms with Crippen molar-refractivity contribution in [1.82, 2.24) is 5.32 Å². The Labute approximate surface area is 140 Å². The van der Waals surface area contributed by atoms with Crippen LogP contribution in [0, 0.1) is 0 Å². The highest BCUT2D eigenvalue weighted by Gasteiger charge is 2.09. The van der Waals surface area contributed by atoms with Crippen molar-refractivity contribution in [2.75, 3.05) is 13.2 Å². The van der Waals surface area contributed by atoms with Crippen LogP contribution >= 0.6 is 39.9 Å². The number of benzene rings is 1. The minimum absolute atomic E-state index is 0. The Morgan fingerprint density at radius 2 is 2.11 bits per heavy atom. The number of ether oxygens (including phenoxy) is 1. The second-order valence-electron chi connectivity index (χ2n) is 4.95. The van der Waals surface area contributed by atoms with E-state index in [1.807, 2.05) is 45.0 Å². The third-order valence-corrected chi connectivity index (χ3v) is 2.43. The zero-order valence-electron chi connectivity index (χ0n) is 11.4. The fourth-order valence-corrected chi connectivity index (χ4v) is 1.69. The smallest absolute Gasteiger partial charge is 0.189 e. The van der Waals surface area contributed by atoms with Gasteiger partial charge in [-0.15, -0.1) is 24.0 Å². The fraction of sp³-hybridized carbons (Fsp3) is 0.462. The molecule has 0 fully saturated rings. The number of nitrogens with one attached hydrogen (secondary N) is 1. The third kappa shape index (κ3) is 9.10. The van der Waals surface area contributed by atoms with Crippen LogP contribution in [0.2, 0.25) is 0 Å². The van der Waals surface area contributed by atoms with Gasteiger partial charge in [-0.1, -0.05) is 22.0 Å². The van der Waals surface area contributed by atoms with Gasteiger partial charge in [0.05, 0.1) is 6.54 Å². The summed E-state index contributed by atoms with van der Waals surface area (Å²) in [6.45, 7) is 7.14. The minimum atomic E-state index is -0.0707. The lowest BCUT2D eigenvalue weighted by Crippen LogP contribution is -2.45. The van der Waals surface area contributed by atoms with Crippen molar-refractivity contribution in [3.05, 3.63) is 28.7 Å². The van der Waals surface area contributed by atoms with Crippen LogP contribution in [0.25, 0.3) is 0 Å². The lowest BCUT2D eigenvalue weighted by molar-refractivity contribution is 0.328. The van der Waals surface area contributed by atoms with E-state index in [2.05, 4.69) is 26.2 Å². The molecule has 1 rings (SSSR count). The van der Waals surface area contributed by atoms with E-state index in [0.29, 0.717) is 19.1 Å². The van der Waals surface area contributed by atoms with Gasteiger partial charge in [-0.2, -0.15) is 0 Å². The lowest BCUT2D eigenvalue weighted by atomic mass is 10.1. The predicted octanol–water partition coefficient (Wildman–Crippen LogP) is 3.15. The number of rotatable bonds is 4. The Hall–Kier alpha value is -0.500. The van der Waals surface area contributed by atoms with Gasteiger partial charge in [-0.05, 0) is 39.0 Å². The van der Waals surface area contributed by atoms with Crippen LogP contribution < -0.4 is 15.8 Å². The number of guanidine groups is 1. The van der Waals surface area contributed by atoms with Crippen LogP contribution in [-0.4, -0.2) is 24.7 Å². The standard InChI is InChI=1S/C13H20BrN3O.HI/c1-13(2,3)17-12(15)16-7-8-18-11-6-4-5-10(14)9-11;/h4-6,9H,7-8H2,1-3H3,(H3,15,16,17);1H. The van der Waals surface area contributed by atoms with Crippen LogP contribution in [0.5, 0.6) is 5.75 Å². The lowest BCUT2D eigenvalue weighted by Gasteiger charge is -2.20. The van der Waals surface area contributed by atoms with E-state index >= 15 is 0 Å². The average molecular weight is 442 g/mol. The zero-order chi connectivity index (χ0) is 13.6. The van der Waals surface area contributed by atoms with E-state index in [1.54, 1.807) is 0 Å². The Morgan fingerprint density at radius 1 is 1.42 bits per heavy atom. The first-order chi connectivity index (χ1) is 8.37. The monoisotopic (exact) mass is 441 g/mol. The molecule has 0 atom stereocenters. The van der Waals surface area contributed by atoms with Gasteiger partial charge in [-0.3, -0.25) is 0 Å². The summed E-state index contributed by atoms with van der Waals surface area (Å²) in [6, 6.07) is 7.71. The van der Waals surface area contributed by atoms with Crippen LogP contribution in [0.1, 0.15) is 20.8 Å². The normalized spacial score (nSPS) is 11.7. The van der Waals surface area contributed by atoms with Gasteiger partial charge < -0.3 is 15.8 Å². The van der Waals surface area contributed by atoms with Gasteiger partial charge in [-0.25, -0.2) is 4.99 Å². The highest BCUT2D eigenvalue weighted by molar-refractivity contribution is 14.0. The number of halogens is 2. The van der Waals surface area contributed by atoms with Gasteiger partial charge >= 0.3 is 0 Å². The highest BCUT2D eigenvalue weighted by Crippen LogP contribution is 2.17. The number of hydrogen-bond donors (Lipinski definition) is 2. The van der Waals surface area contributed by atoms with Gasteiger partial charge in [0.25, 0.3) is 0 Å². The fourth-order valence-electron chi connectivity index (χ4n) is 1.31. The maximum Gasteiger partial charge on any atom is 0.189 e. The van der Waals surface area contributed by atoms with Crippen LogP contribution in [0.15, 0.2) is 33.7 Å². The average Bonchev–Trinajstić information content (AvgIpc) is 2.22. The summed E-state index contributed by atoms with van der Waals surface area (Å²) in [4.78, 5) is 4.19. The first-order valence-electron chi connectivity index (χ1n) is 5.83. The SMILES string of the molecule is CC(C)(C)NC(N)=NCCOc1cccc(Br)c1.I. The van der Waals surface area contributed by atoms with Gasteiger partial charge in [0, 0.05) is 10.0 Å². The van der Waals surface area contributed by atoms with Crippen LogP contribution in [-0.2, 0) is 0 Å². The highest BCUT2D eigenvalue weighted by atomic mass is 127. The molecule has 0 radical (unpaired) electrons. The minimum Gasteiger partial charge on any atom is -0.492 e. The van der Waals surface area contributed by atoms with E-state index < -0.39 is 0 Å². The molecule has 0 aliphatic rings. The van der Waals surface area contributed by atoms with Crippen LogP contribution in [0.3, 0.4) is 0 Å². The summed E-state index contributed by atoms with van der Waals surface area (Å²) in [5.74, 6) is 1.27. The number of hydrogen-bond acceptors (Lipinski definition) is 2. The molecule has 0 saturated carbocycles. The molecule has 3 N–H and O–H groups in total. The molecular weight excluding hydrogens is 421 g/mol. The summed E-state index contributed by atoms with van der Waals surface area (Å²) in [6.07, 6.45) is 0. The molecule has 0 aliphatic heterocycles.